The summed E-state index contributed by atoms with van der Waals surface area (Å²) in [5.41, 5.74) is 0. The van der Waals surface area contributed by atoms with Crippen molar-refractivity contribution in [2.75, 3.05) is 20.8 Å². The quantitative estimate of drug-likeness (QED) is 0.250. The van der Waals surface area contributed by atoms with E-state index in [0.717, 1.165) is 25.7 Å². The van der Waals surface area contributed by atoms with Gasteiger partial charge in [0, 0.05) is 20.6 Å². The van der Waals surface area contributed by atoms with E-state index >= 15 is 0 Å². The Labute approximate surface area is 90.0 Å². The smallest absolute Gasteiger partial charge is 0.189 e. The third-order valence-corrected chi connectivity index (χ3v) is 2.61. The lowest BCUT2D eigenvalue weighted by molar-refractivity contribution is -0.226. The molecule has 0 unspecified atom stereocenters. The van der Waals surface area contributed by atoms with Crippen LogP contribution in [0, 0.1) is 0 Å². The molecule has 0 N–H and O–H groups in total. The summed E-state index contributed by atoms with van der Waals surface area (Å²) in [5, 5.41) is 0. The van der Waals surface area contributed by atoms with Crippen molar-refractivity contribution < 1.29 is 13.9 Å². The fraction of sp³-hybridized carbons (Fsp3) is 0.800. The fourth-order valence-electron chi connectivity index (χ4n) is 1.38. The maximum absolute atomic E-state index is 5.36. The zero-order valence-corrected chi connectivity index (χ0v) is 11.5. The van der Waals surface area contributed by atoms with Crippen molar-refractivity contribution in [2.24, 2.45) is 0 Å². The second kappa shape index (κ2) is 8.17. The van der Waals surface area contributed by atoms with E-state index in [4.69, 9.17) is 13.9 Å². The minimum absolute atomic E-state index is 0.528. The van der Waals surface area contributed by atoms with Crippen molar-refractivity contribution in [3.05, 3.63) is 12.7 Å². The molecule has 0 radical (unpaired) electrons. The second-order valence-corrected chi connectivity index (χ2v) is 3.86. The first-order chi connectivity index (χ1) is 6.74. The number of rotatable bonds is 9. The lowest BCUT2D eigenvalue weighted by Gasteiger charge is -2.30. The predicted octanol–water partition coefficient (Wildman–Crippen LogP) is 1.02. The molecule has 0 aliphatic rings. The lowest BCUT2D eigenvalue weighted by Crippen LogP contribution is -2.38. The SMILES string of the molecule is C=CCCCCC(CO[SiH3])(OC)OC. The molecule has 0 bridgehead atoms. The van der Waals surface area contributed by atoms with E-state index in [1.54, 1.807) is 14.2 Å². The molecule has 4 heteroatoms. The number of hydrogen-bond donors (Lipinski definition) is 0. The molecule has 0 spiro atoms. The van der Waals surface area contributed by atoms with E-state index in [0.29, 0.717) is 17.1 Å². The Morgan fingerprint density at radius 2 is 1.93 bits per heavy atom. The first-order valence-electron chi connectivity index (χ1n) is 4.95. The van der Waals surface area contributed by atoms with Crippen LogP contribution in [0.25, 0.3) is 0 Å². The van der Waals surface area contributed by atoms with Crippen LogP contribution >= 0.6 is 0 Å². The Kier molecular flexibility index (Phi) is 8.08. The van der Waals surface area contributed by atoms with E-state index < -0.39 is 5.79 Å². The van der Waals surface area contributed by atoms with Gasteiger partial charge < -0.3 is 13.9 Å². The molecule has 84 valence electrons. The molecule has 3 nitrogen and oxygen atoms in total. The normalized spacial score (nSPS) is 11.9. The summed E-state index contributed by atoms with van der Waals surface area (Å²) in [6, 6.07) is 0. The summed E-state index contributed by atoms with van der Waals surface area (Å²) in [6.07, 6.45) is 6.05. The van der Waals surface area contributed by atoms with Gasteiger partial charge in [0.25, 0.3) is 0 Å². The minimum Gasteiger partial charge on any atom is -0.422 e. The van der Waals surface area contributed by atoms with Gasteiger partial charge in [-0.05, 0) is 19.3 Å². The first-order valence-corrected chi connectivity index (χ1v) is 5.76. The maximum atomic E-state index is 5.36. The molecule has 0 fully saturated rings. The van der Waals surface area contributed by atoms with Crippen LogP contribution in [0.15, 0.2) is 12.7 Å². The van der Waals surface area contributed by atoms with Crippen LogP contribution in [0.5, 0.6) is 0 Å². The van der Waals surface area contributed by atoms with Gasteiger partial charge in [0.2, 0.25) is 0 Å². The molecule has 0 heterocycles. The van der Waals surface area contributed by atoms with Crippen LogP contribution < -0.4 is 0 Å². The highest BCUT2D eigenvalue weighted by Gasteiger charge is 2.28. The van der Waals surface area contributed by atoms with E-state index in [9.17, 15) is 0 Å². The van der Waals surface area contributed by atoms with Gasteiger partial charge in [-0.25, -0.2) is 0 Å². The third-order valence-electron chi connectivity index (χ3n) is 2.32. The fourth-order valence-corrected chi connectivity index (χ4v) is 1.82. The molecule has 0 aliphatic carbocycles. The van der Waals surface area contributed by atoms with Gasteiger partial charge in [0.05, 0.1) is 6.61 Å². The van der Waals surface area contributed by atoms with Crippen LogP contribution in [0.3, 0.4) is 0 Å². The van der Waals surface area contributed by atoms with Crippen molar-refractivity contribution >= 4 is 10.5 Å². The van der Waals surface area contributed by atoms with Crippen LogP contribution in [0.1, 0.15) is 25.7 Å². The molecular formula is C10H22O3Si. The molecule has 0 rings (SSSR count). The molecule has 0 aromatic carbocycles. The van der Waals surface area contributed by atoms with Crippen molar-refractivity contribution in [1.82, 2.24) is 0 Å². The number of hydrogen-bond acceptors (Lipinski definition) is 3. The van der Waals surface area contributed by atoms with E-state index in [1.165, 1.54) is 0 Å². The zero-order chi connectivity index (χ0) is 10.9. The number of methoxy groups -OCH3 is 2. The van der Waals surface area contributed by atoms with E-state index in [1.807, 2.05) is 6.08 Å². The molecular weight excluding hydrogens is 196 g/mol. The molecule has 0 saturated carbocycles. The van der Waals surface area contributed by atoms with Crippen molar-refractivity contribution in [2.45, 2.75) is 31.5 Å². The molecule has 0 atom stereocenters. The summed E-state index contributed by atoms with van der Waals surface area (Å²) >= 11 is 0. The number of ether oxygens (including phenoxy) is 2. The van der Waals surface area contributed by atoms with Gasteiger partial charge in [-0.3, -0.25) is 0 Å². The average molecular weight is 218 g/mol. The molecule has 0 amide bonds. The standard InChI is InChI=1S/C10H22O3Si/c1-4-5-6-7-8-10(11-2,12-3)9-13-14/h4H,1,5-9H2,2-3,14H3. The number of unbranched alkanes of at least 4 members (excludes halogenated alkanes) is 2. The second-order valence-electron chi connectivity index (χ2n) is 3.29. The highest BCUT2D eigenvalue weighted by molar-refractivity contribution is 5.97. The van der Waals surface area contributed by atoms with Gasteiger partial charge in [0.1, 0.15) is 10.5 Å². The Balaban J connectivity index is 3.87. The largest absolute Gasteiger partial charge is 0.422 e. The summed E-state index contributed by atoms with van der Waals surface area (Å²) in [4.78, 5) is 0. The van der Waals surface area contributed by atoms with Crippen LogP contribution in [-0.2, 0) is 13.9 Å². The molecule has 14 heavy (non-hydrogen) atoms. The highest BCUT2D eigenvalue weighted by atomic mass is 28.2. The highest BCUT2D eigenvalue weighted by Crippen LogP contribution is 2.20. The van der Waals surface area contributed by atoms with Crippen molar-refractivity contribution in [3.63, 3.8) is 0 Å². The minimum atomic E-state index is -0.539. The van der Waals surface area contributed by atoms with Gasteiger partial charge in [-0.15, -0.1) is 6.58 Å². The first kappa shape index (κ1) is 13.8. The van der Waals surface area contributed by atoms with Gasteiger partial charge in [-0.2, -0.15) is 0 Å². The Morgan fingerprint density at radius 3 is 2.36 bits per heavy atom. The van der Waals surface area contributed by atoms with Crippen LogP contribution in [0.2, 0.25) is 0 Å². The predicted molar refractivity (Wildman–Crippen MR) is 61.3 cm³/mol. The monoisotopic (exact) mass is 218 g/mol. The topological polar surface area (TPSA) is 27.7 Å². The summed E-state index contributed by atoms with van der Waals surface area (Å²) < 4.78 is 15.9. The maximum Gasteiger partial charge on any atom is 0.189 e. The van der Waals surface area contributed by atoms with Crippen LogP contribution in [-0.4, -0.2) is 37.1 Å². The Hall–Kier alpha value is -0.163. The van der Waals surface area contributed by atoms with Gasteiger partial charge >= 0.3 is 0 Å². The Bertz CT molecular complexity index is 146. The van der Waals surface area contributed by atoms with Gasteiger partial charge in [-0.1, -0.05) is 6.08 Å². The van der Waals surface area contributed by atoms with Gasteiger partial charge in [0.15, 0.2) is 5.79 Å². The summed E-state index contributed by atoms with van der Waals surface area (Å²) in [5.74, 6) is -0.539. The van der Waals surface area contributed by atoms with E-state index in [2.05, 4.69) is 6.58 Å². The van der Waals surface area contributed by atoms with Crippen molar-refractivity contribution in [3.8, 4) is 0 Å². The molecule has 0 aromatic rings. The van der Waals surface area contributed by atoms with E-state index in [-0.39, 0.29) is 0 Å². The lowest BCUT2D eigenvalue weighted by atomic mass is 10.1. The average Bonchev–Trinajstić information content (AvgIpc) is 2.23. The zero-order valence-electron chi connectivity index (χ0n) is 9.54. The Morgan fingerprint density at radius 1 is 1.29 bits per heavy atom. The summed E-state index contributed by atoms with van der Waals surface area (Å²) in [6.45, 7) is 4.22. The summed E-state index contributed by atoms with van der Waals surface area (Å²) in [7, 11) is 4.04. The molecule has 0 saturated heterocycles. The van der Waals surface area contributed by atoms with Crippen molar-refractivity contribution in [1.29, 1.82) is 0 Å². The number of allylic oxidation sites excluding steroid dienone is 1. The molecule has 0 aliphatic heterocycles. The molecule has 0 aromatic heterocycles. The third kappa shape index (κ3) is 4.90. The van der Waals surface area contributed by atoms with Crippen LogP contribution in [0.4, 0.5) is 0 Å².